The third-order valence-corrected chi connectivity index (χ3v) is 3.59. The van der Waals surface area contributed by atoms with Crippen LogP contribution in [0.4, 0.5) is 0 Å². The van der Waals surface area contributed by atoms with Crippen molar-refractivity contribution in [1.82, 2.24) is 0 Å². The number of hydrogen-bond acceptors (Lipinski definition) is 4. The normalized spacial score (nSPS) is 11.1. The highest BCUT2D eigenvalue weighted by Crippen LogP contribution is 2.39. The van der Waals surface area contributed by atoms with E-state index in [1.165, 1.54) is 0 Å². The number of benzene rings is 2. The van der Waals surface area contributed by atoms with Gasteiger partial charge in [-0.15, -0.1) is 0 Å². The maximum atomic E-state index is 11.3. The monoisotopic (exact) mass is 306 g/mol. The molecule has 0 fully saturated rings. The Kier molecular flexibility index (Phi) is 3.81. The summed E-state index contributed by atoms with van der Waals surface area (Å²) in [7, 11) is 0. The highest BCUT2D eigenvalue weighted by Gasteiger charge is 2.20. The molecule has 0 amide bonds. The Hall–Kier alpha value is -3.14. The number of carbonyl (C=O) groups excluding carboxylic acids is 2. The molecule has 0 bridgehead atoms. The van der Waals surface area contributed by atoms with E-state index in [-0.39, 0.29) is 0 Å². The van der Waals surface area contributed by atoms with Crippen LogP contribution in [0.2, 0.25) is 0 Å². The van der Waals surface area contributed by atoms with Crippen molar-refractivity contribution in [2.75, 3.05) is 0 Å². The minimum atomic E-state index is -0.487. The lowest BCUT2D eigenvalue weighted by Gasteiger charge is -2.05. The van der Waals surface area contributed by atoms with E-state index in [1.807, 2.05) is 24.3 Å². The number of hydrogen-bond donors (Lipinski definition) is 0. The van der Waals surface area contributed by atoms with Crippen LogP contribution < -0.4 is 9.47 Å². The van der Waals surface area contributed by atoms with Gasteiger partial charge < -0.3 is 9.47 Å². The molecule has 1 aliphatic carbocycles. The lowest BCUT2D eigenvalue weighted by molar-refractivity contribution is -0.129. The molecular formula is C19H14O4. The number of ether oxygens (including phenoxy) is 2. The molecule has 114 valence electrons. The zero-order valence-electron chi connectivity index (χ0n) is 12.4. The summed E-state index contributed by atoms with van der Waals surface area (Å²) in [6.45, 7) is 6.76. The second-order valence-electron chi connectivity index (χ2n) is 5.07. The molecule has 4 heteroatoms. The summed E-state index contributed by atoms with van der Waals surface area (Å²) in [5.41, 5.74) is 4.28. The summed E-state index contributed by atoms with van der Waals surface area (Å²) in [4.78, 5) is 22.6. The highest BCUT2D eigenvalue weighted by atomic mass is 16.5. The van der Waals surface area contributed by atoms with Gasteiger partial charge in [-0.3, -0.25) is 0 Å². The van der Waals surface area contributed by atoms with Gasteiger partial charge in [0.05, 0.1) is 0 Å². The molecule has 0 unspecified atom stereocenters. The summed E-state index contributed by atoms with van der Waals surface area (Å²) < 4.78 is 10.3. The average molecular weight is 306 g/mol. The van der Waals surface area contributed by atoms with Gasteiger partial charge in [0.25, 0.3) is 0 Å². The van der Waals surface area contributed by atoms with Gasteiger partial charge >= 0.3 is 11.9 Å². The third kappa shape index (κ3) is 2.92. The smallest absolute Gasteiger partial charge is 0.335 e. The summed E-state index contributed by atoms with van der Waals surface area (Å²) in [6.07, 6.45) is 2.94. The van der Waals surface area contributed by atoms with E-state index in [0.717, 1.165) is 34.4 Å². The van der Waals surface area contributed by atoms with E-state index in [9.17, 15) is 9.59 Å². The van der Waals surface area contributed by atoms with Gasteiger partial charge in [-0.2, -0.15) is 0 Å². The van der Waals surface area contributed by atoms with Gasteiger partial charge in [0.15, 0.2) is 0 Å². The Morgan fingerprint density at radius 3 is 1.65 bits per heavy atom. The number of carbonyl (C=O) groups is 2. The van der Waals surface area contributed by atoms with Crippen LogP contribution in [0.3, 0.4) is 0 Å². The molecular weight excluding hydrogens is 292 g/mol. The minimum Gasteiger partial charge on any atom is -0.423 e. The summed E-state index contributed by atoms with van der Waals surface area (Å²) in [5.74, 6) is -0.00213. The average Bonchev–Trinajstić information content (AvgIpc) is 2.91. The lowest BCUT2D eigenvalue weighted by Crippen LogP contribution is -2.03. The van der Waals surface area contributed by atoms with Crippen molar-refractivity contribution in [2.24, 2.45) is 0 Å². The third-order valence-electron chi connectivity index (χ3n) is 3.59. The first-order valence-corrected chi connectivity index (χ1v) is 7.05. The van der Waals surface area contributed by atoms with E-state index >= 15 is 0 Å². The van der Waals surface area contributed by atoms with Crippen molar-refractivity contribution in [2.45, 2.75) is 6.42 Å². The topological polar surface area (TPSA) is 52.6 Å². The Balaban J connectivity index is 1.88. The van der Waals surface area contributed by atoms with Gasteiger partial charge in [0.1, 0.15) is 11.5 Å². The first-order chi connectivity index (χ1) is 11.1. The number of rotatable bonds is 4. The molecule has 0 heterocycles. The molecule has 0 saturated carbocycles. The van der Waals surface area contributed by atoms with Crippen LogP contribution in [0.25, 0.3) is 11.1 Å². The number of esters is 2. The van der Waals surface area contributed by atoms with Crippen molar-refractivity contribution in [1.29, 1.82) is 0 Å². The fraction of sp³-hybridized carbons (Fsp3) is 0.0526. The fourth-order valence-electron chi connectivity index (χ4n) is 2.61. The molecule has 1 aliphatic rings. The van der Waals surface area contributed by atoms with Crippen LogP contribution in [0.1, 0.15) is 11.1 Å². The van der Waals surface area contributed by atoms with Crippen LogP contribution in [-0.2, 0) is 16.0 Å². The molecule has 0 aromatic heterocycles. The summed E-state index contributed by atoms with van der Waals surface area (Å²) >= 11 is 0. The Bertz CT molecular complexity index is 764. The second-order valence-corrected chi connectivity index (χ2v) is 5.07. The van der Waals surface area contributed by atoms with Crippen LogP contribution in [0.5, 0.6) is 11.5 Å². The predicted octanol–water partition coefficient (Wildman–Crippen LogP) is 3.44. The van der Waals surface area contributed by atoms with Gasteiger partial charge in [0.2, 0.25) is 0 Å². The van der Waals surface area contributed by atoms with Crippen molar-refractivity contribution in [3.8, 4) is 22.6 Å². The summed E-state index contributed by atoms with van der Waals surface area (Å²) in [5, 5.41) is 0. The van der Waals surface area contributed by atoms with Crippen LogP contribution in [0.15, 0.2) is 61.7 Å². The molecule has 0 atom stereocenters. The quantitative estimate of drug-likeness (QED) is 0.421. The highest BCUT2D eigenvalue weighted by molar-refractivity contribution is 5.85. The molecule has 0 radical (unpaired) electrons. The molecule has 0 spiro atoms. The van der Waals surface area contributed by atoms with E-state index in [0.29, 0.717) is 17.9 Å². The van der Waals surface area contributed by atoms with Gasteiger partial charge in [0, 0.05) is 12.2 Å². The first kappa shape index (κ1) is 14.8. The predicted molar refractivity (Wildman–Crippen MR) is 86.3 cm³/mol. The minimum absolute atomic E-state index is 0.486. The van der Waals surface area contributed by atoms with E-state index < -0.39 is 11.9 Å². The lowest BCUT2D eigenvalue weighted by atomic mass is 10.1. The largest absolute Gasteiger partial charge is 0.423 e. The summed E-state index contributed by atoms with van der Waals surface area (Å²) in [6, 6.07) is 11.0. The molecule has 2 aromatic carbocycles. The zero-order chi connectivity index (χ0) is 16.4. The second kappa shape index (κ2) is 5.93. The molecule has 3 rings (SSSR count). The SMILES string of the molecule is C=CC(=O)Oc1ccc2c(c1)Cc1cc(OC(=O)C=C)ccc1-2. The zero-order valence-corrected chi connectivity index (χ0v) is 12.4. The molecule has 0 N–H and O–H groups in total. The maximum absolute atomic E-state index is 11.3. The van der Waals surface area contributed by atoms with E-state index in [2.05, 4.69) is 13.2 Å². The van der Waals surface area contributed by atoms with Gasteiger partial charge in [-0.1, -0.05) is 25.3 Å². The van der Waals surface area contributed by atoms with E-state index in [4.69, 9.17) is 9.47 Å². The van der Waals surface area contributed by atoms with Gasteiger partial charge in [-0.05, 0) is 52.9 Å². The van der Waals surface area contributed by atoms with Gasteiger partial charge in [-0.25, -0.2) is 9.59 Å². The van der Waals surface area contributed by atoms with Crippen molar-refractivity contribution >= 4 is 11.9 Å². The molecule has 23 heavy (non-hydrogen) atoms. The maximum Gasteiger partial charge on any atom is 0.335 e. The standard InChI is InChI=1S/C19H14O4/c1-3-18(20)22-14-5-7-16-12(10-14)9-13-11-15(6-8-17(13)16)23-19(21)4-2/h3-8,10-11H,1-2,9H2. The molecule has 4 nitrogen and oxygen atoms in total. The molecule has 0 aliphatic heterocycles. The van der Waals surface area contributed by atoms with Crippen LogP contribution in [0, 0.1) is 0 Å². The van der Waals surface area contributed by atoms with Crippen molar-refractivity contribution in [3.63, 3.8) is 0 Å². The molecule has 0 saturated heterocycles. The van der Waals surface area contributed by atoms with E-state index in [1.54, 1.807) is 12.1 Å². The van der Waals surface area contributed by atoms with Crippen molar-refractivity contribution < 1.29 is 19.1 Å². The Morgan fingerprint density at radius 1 is 0.826 bits per heavy atom. The molecule has 2 aromatic rings. The van der Waals surface area contributed by atoms with Crippen LogP contribution >= 0.6 is 0 Å². The Morgan fingerprint density at radius 2 is 1.26 bits per heavy atom. The van der Waals surface area contributed by atoms with Crippen LogP contribution in [-0.4, -0.2) is 11.9 Å². The van der Waals surface area contributed by atoms with Crippen molar-refractivity contribution in [3.05, 3.63) is 72.8 Å². The first-order valence-electron chi connectivity index (χ1n) is 7.05. The Labute approximate surface area is 133 Å². The fourth-order valence-corrected chi connectivity index (χ4v) is 2.61. The number of fused-ring (bicyclic) bond motifs is 3.